The summed E-state index contributed by atoms with van der Waals surface area (Å²) in [6, 6.07) is 0. The van der Waals surface area contributed by atoms with E-state index in [1.807, 2.05) is 0 Å². The monoisotopic (exact) mass is 342 g/mol. The number of unbranched alkanes of at least 4 members (excludes halogenated alkanes) is 5. The second-order valence-corrected chi connectivity index (χ2v) is 10.3. The van der Waals surface area contributed by atoms with Crippen molar-refractivity contribution < 1.29 is 8.53 Å². The molecule has 0 saturated carbocycles. The molecule has 1 atom stereocenters. The van der Waals surface area contributed by atoms with Crippen molar-refractivity contribution in [2.45, 2.75) is 110 Å². The summed E-state index contributed by atoms with van der Waals surface area (Å²) in [7, 11) is 0. The fourth-order valence-electron chi connectivity index (χ4n) is 3.00. The Labute approximate surface area is 151 Å². The van der Waals surface area contributed by atoms with Crippen LogP contribution in [0.3, 0.4) is 0 Å². The molecule has 0 aromatic rings. The van der Waals surface area contributed by atoms with Gasteiger partial charge in [0.05, 0.1) is 0 Å². The normalized spacial score (nSPS) is 13.0. The van der Waals surface area contributed by atoms with Gasteiger partial charge in [-0.15, -0.1) is 0 Å². The fraction of sp³-hybridized carbons (Fsp3) is 1.00. The number of hydrogen-bond acceptors (Lipinski definition) is 2. The Balaban J connectivity index is 4.09. The van der Waals surface area contributed by atoms with E-state index in [1.165, 1.54) is 49.1 Å². The molecule has 0 aromatic carbocycles. The van der Waals surface area contributed by atoms with E-state index in [9.17, 15) is 0 Å². The standard InChI is InChI=1S/C12H25O2.2C4H9.Al/c1-3-5-6-7-8-9-11-14-12(13)10-4-2;2*1-4(2)3;/h12H,3-11H2,1-2H3;2*4H,1H2,2-3H3;/q-1;;;+1. The second kappa shape index (κ2) is 15.9. The lowest BCUT2D eigenvalue weighted by atomic mass is 10.1. The van der Waals surface area contributed by atoms with Crippen LogP contribution in [0, 0.1) is 11.8 Å². The Morgan fingerprint density at radius 2 is 1.30 bits per heavy atom. The first kappa shape index (κ1) is 23.5. The van der Waals surface area contributed by atoms with Gasteiger partial charge in [-0.05, 0) is 12.8 Å². The number of hydrogen-bond donors (Lipinski definition) is 0. The summed E-state index contributed by atoms with van der Waals surface area (Å²) in [6.45, 7) is 14.6. The van der Waals surface area contributed by atoms with Gasteiger partial charge in [-0.25, -0.2) is 0 Å². The average Bonchev–Trinajstić information content (AvgIpc) is 2.45. The zero-order valence-electron chi connectivity index (χ0n) is 16.9. The molecule has 0 aliphatic heterocycles. The van der Waals surface area contributed by atoms with Gasteiger partial charge >= 0.3 is 14.5 Å². The summed E-state index contributed by atoms with van der Waals surface area (Å²) in [5.74, 6) is 1.48. The van der Waals surface area contributed by atoms with Gasteiger partial charge in [0, 0.05) is 6.61 Å². The molecular weight excluding hydrogens is 299 g/mol. The molecule has 0 spiro atoms. The SMILES string of the molecule is CCCCCCCCOC(CCC)[O][Al]([CH2]C(C)C)[CH2]C(C)C. The van der Waals surface area contributed by atoms with Crippen molar-refractivity contribution in [3.8, 4) is 0 Å². The Hall–Kier alpha value is 0.452. The van der Waals surface area contributed by atoms with Crippen LogP contribution in [0.5, 0.6) is 0 Å². The minimum atomic E-state index is -1.14. The highest BCUT2D eigenvalue weighted by atomic mass is 27.2. The predicted octanol–water partition coefficient (Wildman–Crippen LogP) is 6.81. The Kier molecular flexibility index (Phi) is 16.3. The van der Waals surface area contributed by atoms with Gasteiger partial charge < -0.3 is 8.53 Å². The molecular formula is C20H43AlO2. The van der Waals surface area contributed by atoms with Crippen LogP contribution < -0.4 is 0 Å². The van der Waals surface area contributed by atoms with E-state index in [0.29, 0.717) is 0 Å². The summed E-state index contributed by atoms with van der Waals surface area (Å²) in [6.07, 6.45) is 10.2. The van der Waals surface area contributed by atoms with Crippen LogP contribution in [-0.4, -0.2) is 27.4 Å². The number of ether oxygens (including phenoxy) is 1. The Bertz CT molecular complexity index is 234. The summed E-state index contributed by atoms with van der Waals surface area (Å²) in [5, 5.41) is 2.55. The zero-order chi connectivity index (χ0) is 17.5. The second-order valence-electron chi connectivity index (χ2n) is 7.87. The van der Waals surface area contributed by atoms with Crippen LogP contribution in [-0.2, 0) is 8.53 Å². The molecule has 23 heavy (non-hydrogen) atoms. The van der Waals surface area contributed by atoms with Gasteiger partial charge in [-0.1, -0.05) is 102 Å². The summed E-state index contributed by atoms with van der Waals surface area (Å²) in [5.41, 5.74) is 0. The van der Waals surface area contributed by atoms with E-state index in [2.05, 4.69) is 41.5 Å². The van der Waals surface area contributed by atoms with Gasteiger partial charge in [0.15, 0.2) is 0 Å². The third-order valence-corrected chi connectivity index (χ3v) is 7.76. The summed E-state index contributed by atoms with van der Waals surface area (Å²) >= 11 is -1.14. The fourth-order valence-corrected chi connectivity index (χ4v) is 6.16. The Morgan fingerprint density at radius 3 is 1.83 bits per heavy atom. The molecule has 0 aliphatic carbocycles. The van der Waals surface area contributed by atoms with E-state index in [-0.39, 0.29) is 6.29 Å². The van der Waals surface area contributed by atoms with Crippen LogP contribution in [0.15, 0.2) is 0 Å². The smallest absolute Gasteiger partial charge is 0.463 e. The lowest BCUT2D eigenvalue weighted by molar-refractivity contribution is -0.0892. The largest absolute Gasteiger partial charge is 0.478 e. The molecule has 0 aromatic heterocycles. The highest BCUT2D eigenvalue weighted by molar-refractivity contribution is 6.52. The van der Waals surface area contributed by atoms with Gasteiger partial charge in [0.1, 0.15) is 6.29 Å². The molecule has 0 rings (SSSR count). The van der Waals surface area contributed by atoms with E-state index in [0.717, 1.165) is 31.3 Å². The van der Waals surface area contributed by atoms with Crippen molar-refractivity contribution in [3.63, 3.8) is 0 Å². The third kappa shape index (κ3) is 15.7. The predicted molar refractivity (Wildman–Crippen MR) is 104 cm³/mol. The van der Waals surface area contributed by atoms with Crippen molar-refractivity contribution in [2.75, 3.05) is 6.61 Å². The molecule has 138 valence electrons. The molecule has 0 radical (unpaired) electrons. The van der Waals surface area contributed by atoms with Crippen molar-refractivity contribution >= 4 is 14.5 Å². The lowest BCUT2D eigenvalue weighted by Crippen LogP contribution is -2.30. The quantitative estimate of drug-likeness (QED) is 0.174. The maximum Gasteiger partial charge on any atom is 0.463 e. The highest BCUT2D eigenvalue weighted by Crippen LogP contribution is 2.19. The minimum absolute atomic E-state index is 0.0600. The molecule has 0 aliphatic rings. The number of rotatable bonds is 16. The van der Waals surface area contributed by atoms with Crippen molar-refractivity contribution in [1.29, 1.82) is 0 Å². The van der Waals surface area contributed by atoms with Crippen molar-refractivity contribution in [1.82, 2.24) is 0 Å². The van der Waals surface area contributed by atoms with E-state index < -0.39 is 14.5 Å². The highest BCUT2D eigenvalue weighted by Gasteiger charge is 2.26. The molecule has 0 N–H and O–H groups in total. The zero-order valence-corrected chi connectivity index (χ0v) is 18.1. The summed E-state index contributed by atoms with van der Waals surface area (Å²) < 4.78 is 12.6. The van der Waals surface area contributed by atoms with E-state index >= 15 is 0 Å². The summed E-state index contributed by atoms with van der Waals surface area (Å²) in [4.78, 5) is 0. The van der Waals surface area contributed by atoms with Crippen LogP contribution in [0.2, 0.25) is 10.6 Å². The molecule has 0 saturated heterocycles. The molecule has 2 nitrogen and oxygen atoms in total. The van der Waals surface area contributed by atoms with Gasteiger partial charge in [0.2, 0.25) is 0 Å². The van der Waals surface area contributed by atoms with Gasteiger partial charge in [-0.3, -0.25) is 0 Å². The van der Waals surface area contributed by atoms with Crippen LogP contribution in [0.25, 0.3) is 0 Å². The molecule has 3 heteroatoms. The molecule has 0 amide bonds. The minimum Gasteiger partial charge on any atom is -0.478 e. The Morgan fingerprint density at radius 1 is 0.739 bits per heavy atom. The maximum absolute atomic E-state index is 6.47. The van der Waals surface area contributed by atoms with Crippen molar-refractivity contribution in [3.05, 3.63) is 0 Å². The van der Waals surface area contributed by atoms with Gasteiger partial charge in [-0.2, -0.15) is 0 Å². The first-order chi connectivity index (χ1) is 11.0. The van der Waals surface area contributed by atoms with E-state index in [1.54, 1.807) is 0 Å². The molecule has 1 unspecified atom stereocenters. The van der Waals surface area contributed by atoms with E-state index in [4.69, 9.17) is 8.53 Å². The first-order valence-corrected chi connectivity index (χ1v) is 12.4. The topological polar surface area (TPSA) is 18.5 Å². The lowest BCUT2D eigenvalue weighted by Gasteiger charge is -2.25. The van der Waals surface area contributed by atoms with Crippen molar-refractivity contribution in [2.24, 2.45) is 11.8 Å². The van der Waals surface area contributed by atoms with Gasteiger partial charge in [0.25, 0.3) is 0 Å². The molecule has 0 bridgehead atoms. The first-order valence-electron chi connectivity index (χ1n) is 10.3. The third-order valence-electron chi connectivity index (χ3n) is 4.14. The molecule has 0 heterocycles. The van der Waals surface area contributed by atoms with Crippen LogP contribution >= 0.6 is 0 Å². The molecule has 0 fully saturated rings. The average molecular weight is 343 g/mol. The van der Waals surface area contributed by atoms with Crippen LogP contribution in [0.4, 0.5) is 0 Å². The van der Waals surface area contributed by atoms with Crippen LogP contribution in [0.1, 0.15) is 92.9 Å². The maximum atomic E-state index is 6.47.